The van der Waals surface area contributed by atoms with Gasteiger partial charge in [-0.25, -0.2) is 4.39 Å². The number of benzene rings is 1. The van der Waals surface area contributed by atoms with E-state index in [1.54, 1.807) is 0 Å². The molecule has 0 heterocycles. The van der Waals surface area contributed by atoms with Crippen molar-refractivity contribution in [3.05, 3.63) is 35.6 Å². The maximum atomic E-state index is 13.1. The van der Waals surface area contributed by atoms with Crippen molar-refractivity contribution in [3.63, 3.8) is 0 Å². The van der Waals surface area contributed by atoms with Crippen LogP contribution in [0.5, 0.6) is 0 Å². The van der Waals surface area contributed by atoms with Crippen LogP contribution in [0.4, 0.5) is 4.39 Å². The monoisotopic (exact) mass is 332 g/mol. The maximum absolute atomic E-state index is 13.1. The van der Waals surface area contributed by atoms with Crippen molar-refractivity contribution >= 4 is 11.8 Å². The highest BCUT2D eigenvalue weighted by molar-refractivity contribution is 5.82. The lowest BCUT2D eigenvalue weighted by atomic mass is 9.64. The first-order valence-electron chi connectivity index (χ1n) is 8.81. The average Bonchev–Trinajstić information content (AvgIpc) is 3.25. The predicted molar refractivity (Wildman–Crippen MR) is 89.8 cm³/mol. The summed E-state index contributed by atoms with van der Waals surface area (Å²) in [5.74, 6) is 0.403. The Balaban J connectivity index is 1.43. The van der Waals surface area contributed by atoms with Crippen molar-refractivity contribution in [2.75, 3.05) is 13.1 Å². The highest BCUT2D eigenvalue weighted by atomic mass is 19.1. The van der Waals surface area contributed by atoms with Gasteiger partial charge < -0.3 is 10.6 Å². The van der Waals surface area contributed by atoms with Crippen LogP contribution in [-0.2, 0) is 15.0 Å². The fourth-order valence-electron chi connectivity index (χ4n) is 3.45. The van der Waals surface area contributed by atoms with Crippen LogP contribution in [0.25, 0.3) is 0 Å². The molecule has 0 bridgehead atoms. The maximum Gasteiger partial charge on any atom is 0.223 e. The molecule has 2 aliphatic carbocycles. The molecule has 1 aromatic carbocycles. The largest absolute Gasteiger partial charge is 0.355 e. The minimum absolute atomic E-state index is 0.0486. The molecular formula is C19H25FN2O2. The molecule has 5 heteroatoms. The third-order valence-electron chi connectivity index (χ3n) is 5.49. The molecule has 1 aromatic rings. The van der Waals surface area contributed by atoms with Gasteiger partial charge in [-0.3, -0.25) is 9.59 Å². The van der Waals surface area contributed by atoms with E-state index in [0.717, 1.165) is 31.2 Å². The lowest BCUT2D eigenvalue weighted by molar-refractivity contribution is -0.123. The zero-order valence-corrected chi connectivity index (χ0v) is 14.1. The van der Waals surface area contributed by atoms with Crippen LogP contribution < -0.4 is 10.6 Å². The molecule has 3 rings (SSSR count). The van der Waals surface area contributed by atoms with E-state index in [0.29, 0.717) is 25.4 Å². The van der Waals surface area contributed by atoms with E-state index in [-0.39, 0.29) is 29.0 Å². The molecule has 2 saturated carbocycles. The molecule has 130 valence electrons. The fraction of sp³-hybridized carbons (Fsp3) is 0.579. The van der Waals surface area contributed by atoms with Gasteiger partial charge in [0.05, 0.1) is 0 Å². The number of halogens is 1. The molecule has 24 heavy (non-hydrogen) atoms. The Morgan fingerprint density at radius 1 is 1.21 bits per heavy atom. The van der Waals surface area contributed by atoms with Gasteiger partial charge in [0, 0.05) is 30.8 Å². The van der Waals surface area contributed by atoms with Crippen molar-refractivity contribution in [3.8, 4) is 0 Å². The Hall–Kier alpha value is -1.91. The Labute approximate surface area is 142 Å². The summed E-state index contributed by atoms with van der Waals surface area (Å²) in [7, 11) is 0. The third-order valence-corrected chi connectivity index (χ3v) is 5.49. The highest BCUT2D eigenvalue weighted by Gasteiger charge is 2.39. The summed E-state index contributed by atoms with van der Waals surface area (Å²) < 4.78 is 13.1. The van der Waals surface area contributed by atoms with Gasteiger partial charge in [-0.2, -0.15) is 0 Å². The summed E-state index contributed by atoms with van der Waals surface area (Å²) >= 11 is 0. The number of carbonyl (C=O) groups excluding carboxylic acids is 2. The van der Waals surface area contributed by atoms with E-state index in [4.69, 9.17) is 0 Å². The quantitative estimate of drug-likeness (QED) is 0.806. The summed E-state index contributed by atoms with van der Waals surface area (Å²) in [6.45, 7) is 3.02. The number of amides is 2. The number of nitrogens with one attached hydrogen (secondary N) is 2. The molecule has 0 radical (unpaired) electrons. The SMILES string of the molecule is C[C@H]1C[C@@H]1C(=O)NCCC(=O)NCC1(c2ccc(F)cc2)CCC1. The minimum Gasteiger partial charge on any atom is -0.355 e. The molecule has 2 fully saturated rings. The summed E-state index contributed by atoms with van der Waals surface area (Å²) in [6.07, 6.45) is 4.40. The van der Waals surface area contributed by atoms with E-state index in [1.807, 2.05) is 12.1 Å². The number of rotatable bonds is 7. The van der Waals surface area contributed by atoms with Crippen LogP contribution in [0.2, 0.25) is 0 Å². The number of hydrogen-bond donors (Lipinski definition) is 2. The van der Waals surface area contributed by atoms with E-state index < -0.39 is 0 Å². The van der Waals surface area contributed by atoms with Crippen molar-refractivity contribution in [2.45, 2.75) is 44.4 Å². The van der Waals surface area contributed by atoms with Gasteiger partial charge in [0.25, 0.3) is 0 Å². The standard InChI is InChI=1S/C19H25FN2O2/c1-13-11-16(13)18(24)21-10-7-17(23)22-12-19(8-2-9-19)14-3-5-15(20)6-4-14/h3-6,13,16H,2,7-12H2,1H3,(H,21,24)(H,22,23)/t13-,16-/m0/s1. The molecular weight excluding hydrogens is 307 g/mol. The van der Waals surface area contributed by atoms with Gasteiger partial charge in [0.15, 0.2) is 0 Å². The molecule has 0 aromatic heterocycles. The van der Waals surface area contributed by atoms with Gasteiger partial charge in [-0.1, -0.05) is 25.5 Å². The van der Waals surface area contributed by atoms with Gasteiger partial charge in [0.2, 0.25) is 11.8 Å². The van der Waals surface area contributed by atoms with Gasteiger partial charge in [0.1, 0.15) is 5.82 Å². The normalized spacial score (nSPS) is 23.9. The first-order valence-corrected chi connectivity index (χ1v) is 8.81. The Morgan fingerprint density at radius 3 is 2.42 bits per heavy atom. The van der Waals surface area contributed by atoms with Gasteiger partial charge in [-0.05, 0) is 42.9 Å². The summed E-state index contributed by atoms with van der Waals surface area (Å²) in [5, 5.41) is 5.81. The van der Waals surface area contributed by atoms with Crippen molar-refractivity contribution in [1.29, 1.82) is 0 Å². The molecule has 2 amide bonds. The van der Waals surface area contributed by atoms with Crippen LogP contribution in [0.15, 0.2) is 24.3 Å². The third kappa shape index (κ3) is 3.77. The van der Waals surface area contributed by atoms with Crippen LogP contribution in [0.3, 0.4) is 0 Å². The zero-order valence-electron chi connectivity index (χ0n) is 14.1. The van der Waals surface area contributed by atoms with E-state index in [2.05, 4.69) is 17.6 Å². The number of carbonyl (C=O) groups is 2. The summed E-state index contributed by atoms with van der Waals surface area (Å²) in [5.41, 5.74) is 1.03. The first kappa shape index (κ1) is 16.9. The average molecular weight is 332 g/mol. The van der Waals surface area contributed by atoms with Crippen molar-refractivity contribution in [1.82, 2.24) is 10.6 Å². The molecule has 0 saturated heterocycles. The van der Waals surface area contributed by atoms with E-state index in [1.165, 1.54) is 12.1 Å². The van der Waals surface area contributed by atoms with Crippen LogP contribution >= 0.6 is 0 Å². The number of hydrogen-bond acceptors (Lipinski definition) is 2. The van der Waals surface area contributed by atoms with Crippen LogP contribution in [-0.4, -0.2) is 24.9 Å². The van der Waals surface area contributed by atoms with Gasteiger partial charge in [-0.15, -0.1) is 0 Å². The second-order valence-corrected chi connectivity index (χ2v) is 7.28. The molecule has 4 nitrogen and oxygen atoms in total. The smallest absolute Gasteiger partial charge is 0.223 e. The van der Waals surface area contributed by atoms with Crippen LogP contribution in [0.1, 0.15) is 44.6 Å². The second-order valence-electron chi connectivity index (χ2n) is 7.28. The highest BCUT2D eigenvalue weighted by Crippen LogP contribution is 2.43. The zero-order chi connectivity index (χ0) is 17.2. The Morgan fingerprint density at radius 2 is 1.88 bits per heavy atom. The molecule has 0 unspecified atom stereocenters. The molecule has 2 aliphatic rings. The first-order chi connectivity index (χ1) is 11.5. The second kappa shape index (κ2) is 6.91. The van der Waals surface area contributed by atoms with Crippen molar-refractivity contribution in [2.24, 2.45) is 11.8 Å². The Bertz CT molecular complexity index is 610. The predicted octanol–water partition coefficient (Wildman–Crippen LogP) is 2.53. The van der Waals surface area contributed by atoms with E-state index in [9.17, 15) is 14.0 Å². The lowest BCUT2D eigenvalue weighted by Crippen LogP contribution is -2.46. The summed E-state index contributed by atoms with van der Waals surface area (Å²) in [6, 6.07) is 6.59. The molecule has 0 spiro atoms. The Kier molecular flexibility index (Phi) is 4.88. The lowest BCUT2D eigenvalue weighted by Gasteiger charge is -2.42. The van der Waals surface area contributed by atoms with Crippen molar-refractivity contribution < 1.29 is 14.0 Å². The molecule has 2 atom stereocenters. The van der Waals surface area contributed by atoms with Gasteiger partial charge >= 0.3 is 0 Å². The topological polar surface area (TPSA) is 58.2 Å². The summed E-state index contributed by atoms with van der Waals surface area (Å²) in [4.78, 5) is 23.7. The fourth-order valence-corrected chi connectivity index (χ4v) is 3.45. The van der Waals surface area contributed by atoms with E-state index >= 15 is 0 Å². The molecule has 0 aliphatic heterocycles. The minimum atomic E-state index is -0.238. The van der Waals surface area contributed by atoms with Crippen LogP contribution in [0, 0.1) is 17.7 Å². The molecule has 2 N–H and O–H groups in total.